The quantitative estimate of drug-likeness (QED) is 0.469. The first-order valence-electron chi connectivity index (χ1n) is 8.20. The van der Waals surface area contributed by atoms with Crippen molar-refractivity contribution in [2.45, 2.75) is 51.5 Å². The van der Waals surface area contributed by atoms with Crippen LogP contribution >= 0.6 is 11.8 Å². The molecule has 2 atom stereocenters. The van der Waals surface area contributed by atoms with Gasteiger partial charge in [-0.05, 0) is 56.6 Å². The molecule has 1 aliphatic rings. The number of carbonyl (C=O) groups excluding carboxylic acids is 1. The van der Waals surface area contributed by atoms with Crippen LogP contribution in [0, 0.1) is 5.92 Å². The van der Waals surface area contributed by atoms with E-state index in [2.05, 4.69) is 12.2 Å². The van der Waals surface area contributed by atoms with Gasteiger partial charge < -0.3 is 14.8 Å². The third-order valence-electron chi connectivity index (χ3n) is 4.20. The number of hydrogen-bond donors (Lipinski definition) is 1. The van der Waals surface area contributed by atoms with Crippen LogP contribution in [0.15, 0.2) is 0 Å². The second-order valence-electron chi connectivity index (χ2n) is 5.56. The molecule has 124 valence electrons. The van der Waals surface area contributed by atoms with Crippen molar-refractivity contribution in [3.05, 3.63) is 0 Å². The molecule has 1 rings (SSSR count). The highest BCUT2D eigenvalue weighted by Crippen LogP contribution is 2.39. The molecule has 1 saturated carbocycles. The number of carbonyl (C=O) groups is 1. The Morgan fingerprint density at radius 1 is 1.38 bits per heavy atom. The summed E-state index contributed by atoms with van der Waals surface area (Å²) in [5.74, 6) is 2.61. The Hall–Kier alpha value is -0.260. The van der Waals surface area contributed by atoms with E-state index in [0.29, 0.717) is 12.5 Å². The highest BCUT2D eigenvalue weighted by atomic mass is 32.2. The summed E-state index contributed by atoms with van der Waals surface area (Å²) in [4.78, 5) is 12.4. The predicted octanol–water partition coefficient (Wildman–Crippen LogP) is 2.86. The predicted molar refractivity (Wildman–Crippen MR) is 88.8 cm³/mol. The molecule has 1 N–H and O–H groups in total. The Balaban J connectivity index is 2.47. The topological polar surface area (TPSA) is 47.6 Å². The van der Waals surface area contributed by atoms with Gasteiger partial charge in [-0.3, -0.25) is 4.79 Å². The molecule has 0 radical (unpaired) electrons. The molecular weight excluding hydrogens is 286 g/mol. The molecule has 5 heteroatoms. The van der Waals surface area contributed by atoms with E-state index in [0.717, 1.165) is 56.8 Å². The maximum absolute atomic E-state index is 12.4. The summed E-state index contributed by atoms with van der Waals surface area (Å²) in [6.45, 7) is 6.06. The number of likely N-dealkylation sites (N-methyl/N-ethyl adjacent to an activating group) is 1. The van der Waals surface area contributed by atoms with Crippen molar-refractivity contribution < 1.29 is 14.3 Å². The van der Waals surface area contributed by atoms with Gasteiger partial charge in [0.15, 0.2) is 0 Å². The minimum absolute atomic E-state index is 0.0428. The number of nitrogens with one attached hydrogen (secondary N) is 1. The third kappa shape index (κ3) is 5.46. The van der Waals surface area contributed by atoms with Crippen LogP contribution in [0.3, 0.4) is 0 Å². The van der Waals surface area contributed by atoms with Crippen LogP contribution in [0.4, 0.5) is 0 Å². The SMILES string of the molecule is CCNC1(C(=O)OCC)CCCC1CCSCCCOC. The molecule has 0 bridgehead atoms. The van der Waals surface area contributed by atoms with Gasteiger partial charge in [-0.1, -0.05) is 13.3 Å². The molecule has 2 unspecified atom stereocenters. The molecule has 1 aliphatic carbocycles. The van der Waals surface area contributed by atoms with E-state index >= 15 is 0 Å². The third-order valence-corrected chi connectivity index (χ3v) is 5.30. The summed E-state index contributed by atoms with van der Waals surface area (Å²) < 4.78 is 10.4. The van der Waals surface area contributed by atoms with Gasteiger partial charge in [0.05, 0.1) is 6.61 Å². The Morgan fingerprint density at radius 2 is 2.19 bits per heavy atom. The van der Waals surface area contributed by atoms with E-state index in [1.165, 1.54) is 0 Å². The van der Waals surface area contributed by atoms with E-state index in [1.807, 2.05) is 18.7 Å². The molecule has 0 amide bonds. The van der Waals surface area contributed by atoms with Crippen molar-refractivity contribution in [3.63, 3.8) is 0 Å². The van der Waals surface area contributed by atoms with E-state index in [-0.39, 0.29) is 5.97 Å². The van der Waals surface area contributed by atoms with Gasteiger partial charge in [0.1, 0.15) is 5.54 Å². The maximum Gasteiger partial charge on any atom is 0.326 e. The molecule has 21 heavy (non-hydrogen) atoms. The van der Waals surface area contributed by atoms with Crippen LogP contribution in [0.5, 0.6) is 0 Å². The van der Waals surface area contributed by atoms with Gasteiger partial charge in [-0.2, -0.15) is 11.8 Å². The zero-order valence-electron chi connectivity index (χ0n) is 13.8. The molecular formula is C16H31NO3S. The van der Waals surface area contributed by atoms with E-state index in [1.54, 1.807) is 7.11 Å². The van der Waals surface area contributed by atoms with E-state index < -0.39 is 5.54 Å². The molecule has 0 aliphatic heterocycles. The highest BCUT2D eigenvalue weighted by Gasteiger charge is 2.49. The van der Waals surface area contributed by atoms with Gasteiger partial charge in [0, 0.05) is 13.7 Å². The Kier molecular flexibility index (Phi) is 9.36. The standard InChI is InChI=1S/C16H31NO3S/c1-4-17-16(15(18)20-5-2)10-6-8-14(16)9-13-21-12-7-11-19-3/h14,17H,4-13H2,1-3H3. The van der Waals surface area contributed by atoms with Crippen molar-refractivity contribution in [2.75, 3.05) is 38.4 Å². The number of thioether (sulfide) groups is 1. The van der Waals surface area contributed by atoms with Crippen molar-refractivity contribution in [1.82, 2.24) is 5.32 Å². The first-order chi connectivity index (χ1) is 10.2. The largest absolute Gasteiger partial charge is 0.465 e. The minimum Gasteiger partial charge on any atom is -0.465 e. The molecule has 0 spiro atoms. The fraction of sp³-hybridized carbons (Fsp3) is 0.938. The zero-order valence-corrected chi connectivity index (χ0v) is 14.6. The molecule has 0 aromatic rings. The number of methoxy groups -OCH3 is 1. The highest BCUT2D eigenvalue weighted by molar-refractivity contribution is 7.99. The average Bonchev–Trinajstić information content (AvgIpc) is 2.87. The van der Waals surface area contributed by atoms with Crippen molar-refractivity contribution in [3.8, 4) is 0 Å². The van der Waals surface area contributed by atoms with Gasteiger partial charge in [-0.25, -0.2) is 0 Å². The van der Waals surface area contributed by atoms with Crippen LogP contribution in [-0.2, 0) is 14.3 Å². The minimum atomic E-state index is -0.433. The first kappa shape index (κ1) is 18.8. The molecule has 0 aromatic carbocycles. The summed E-state index contributed by atoms with van der Waals surface area (Å²) in [7, 11) is 1.74. The lowest BCUT2D eigenvalue weighted by Crippen LogP contribution is -2.55. The lowest BCUT2D eigenvalue weighted by atomic mass is 9.85. The monoisotopic (exact) mass is 317 g/mol. The van der Waals surface area contributed by atoms with Crippen LogP contribution in [-0.4, -0.2) is 49.9 Å². The van der Waals surface area contributed by atoms with Gasteiger partial charge in [-0.15, -0.1) is 0 Å². The van der Waals surface area contributed by atoms with Crippen LogP contribution in [0.2, 0.25) is 0 Å². The fourth-order valence-corrected chi connectivity index (χ4v) is 4.23. The zero-order chi connectivity index (χ0) is 15.6. The van der Waals surface area contributed by atoms with Gasteiger partial charge in [0.25, 0.3) is 0 Å². The van der Waals surface area contributed by atoms with E-state index in [9.17, 15) is 4.79 Å². The normalized spacial score (nSPS) is 25.2. The summed E-state index contributed by atoms with van der Waals surface area (Å²) >= 11 is 1.96. The Labute approximate surface area is 133 Å². The smallest absolute Gasteiger partial charge is 0.326 e. The molecule has 0 saturated heterocycles. The first-order valence-corrected chi connectivity index (χ1v) is 9.35. The number of hydrogen-bond acceptors (Lipinski definition) is 5. The maximum atomic E-state index is 12.4. The fourth-order valence-electron chi connectivity index (χ4n) is 3.25. The number of esters is 1. The second kappa shape index (κ2) is 10.5. The number of ether oxygens (including phenoxy) is 2. The molecule has 0 heterocycles. The van der Waals surface area contributed by atoms with Gasteiger partial charge >= 0.3 is 5.97 Å². The van der Waals surface area contributed by atoms with Crippen molar-refractivity contribution in [1.29, 1.82) is 0 Å². The summed E-state index contributed by atoms with van der Waals surface area (Å²) in [5, 5.41) is 3.45. The van der Waals surface area contributed by atoms with Crippen LogP contribution in [0.25, 0.3) is 0 Å². The molecule has 4 nitrogen and oxygen atoms in total. The lowest BCUT2D eigenvalue weighted by Gasteiger charge is -2.34. The van der Waals surface area contributed by atoms with Crippen LogP contribution < -0.4 is 5.32 Å². The van der Waals surface area contributed by atoms with Crippen molar-refractivity contribution >= 4 is 17.7 Å². The van der Waals surface area contributed by atoms with Gasteiger partial charge in [0.2, 0.25) is 0 Å². The van der Waals surface area contributed by atoms with E-state index in [4.69, 9.17) is 9.47 Å². The molecule has 0 aromatic heterocycles. The van der Waals surface area contributed by atoms with Crippen LogP contribution in [0.1, 0.15) is 46.0 Å². The van der Waals surface area contributed by atoms with Crippen molar-refractivity contribution in [2.24, 2.45) is 5.92 Å². The Morgan fingerprint density at radius 3 is 2.86 bits per heavy atom. The summed E-state index contributed by atoms with van der Waals surface area (Å²) in [6, 6.07) is 0. The lowest BCUT2D eigenvalue weighted by molar-refractivity contribution is -0.153. The molecule has 1 fully saturated rings. The average molecular weight is 317 g/mol. The Bertz CT molecular complexity index is 301. The summed E-state index contributed by atoms with van der Waals surface area (Å²) in [5.41, 5.74) is -0.433. The summed E-state index contributed by atoms with van der Waals surface area (Å²) in [6.07, 6.45) is 5.35. The second-order valence-corrected chi connectivity index (χ2v) is 6.78. The number of rotatable bonds is 11.